The summed E-state index contributed by atoms with van der Waals surface area (Å²) in [5, 5.41) is 0.487. The van der Waals surface area contributed by atoms with E-state index in [9.17, 15) is 18.0 Å². The van der Waals surface area contributed by atoms with Gasteiger partial charge in [-0.1, -0.05) is 29.8 Å². The van der Waals surface area contributed by atoms with Crippen LogP contribution in [0.25, 0.3) is 0 Å². The molecule has 1 heterocycles. The summed E-state index contributed by atoms with van der Waals surface area (Å²) < 4.78 is 50.8. The molecule has 1 fully saturated rings. The molecule has 0 atom stereocenters. The van der Waals surface area contributed by atoms with E-state index in [1.807, 2.05) is 24.0 Å². The third kappa shape index (κ3) is 6.05. The normalized spacial score (nSPS) is 14.0. The Balaban J connectivity index is 1.44. The molecule has 0 spiro atoms. The fraction of sp³-hybridized carbons (Fsp3) is 0.296. The van der Waals surface area contributed by atoms with Gasteiger partial charge < -0.3 is 19.3 Å². The molecular formula is C27H26ClF3N2O3. The molecule has 1 amide bonds. The van der Waals surface area contributed by atoms with Crippen molar-refractivity contribution in [3.8, 4) is 11.5 Å². The van der Waals surface area contributed by atoms with Gasteiger partial charge >= 0.3 is 6.18 Å². The zero-order valence-electron chi connectivity index (χ0n) is 19.7. The molecule has 0 saturated carbocycles. The van der Waals surface area contributed by atoms with E-state index in [2.05, 4.69) is 0 Å². The van der Waals surface area contributed by atoms with Crippen LogP contribution < -0.4 is 14.4 Å². The summed E-state index contributed by atoms with van der Waals surface area (Å²) >= 11 is 6.18. The first-order valence-corrected chi connectivity index (χ1v) is 12.0. The topological polar surface area (TPSA) is 42.0 Å². The second-order valence-corrected chi connectivity index (χ2v) is 8.71. The number of para-hydroxylation sites is 1. The minimum atomic E-state index is -4.39. The number of rotatable bonds is 7. The number of nitrogens with zero attached hydrogens (tertiary/aromatic N) is 2. The van der Waals surface area contributed by atoms with Crippen LogP contribution in [0.2, 0.25) is 5.02 Å². The Morgan fingerprint density at radius 1 is 0.917 bits per heavy atom. The molecule has 0 radical (unpaired) electrons. The number of hydrogen-bond donors (Lipinski definition) is 0. The van der Waals surface area contributed by atoms with Gasteiger partial charge in [-0.25, -0.2) is 0 Å². The van der Waals surface area contributed by atoms with Crippen molar-refractivity contribution in [2.45, 2.75) is 19.7 Å². The summed E-state index contributed by atoms with van der Waals surface area (Å²) in [6, 6.07) is 17.6. The monoisotopic (exact) mass is 518 g/mol. The van der Waals surface area contributed by atoms with Gasteiger partial charge in [0.1, 0.15) is 18.1 Å². The third-order valence-corrected chi connectivity index (χ3v) is 6.24. The van der Waals surface area contributed by atoms with Gasteiger partial charge in [-0.2, -0.15) is 13.2 Å². The zero-order chi connectivity index (χ0) is 25.7. The first-order valence-electron chi connectivity index (χ1n) is 11.6. The second-order valence-electron chi connectivity index (χ2n) is 8.30. The van der Waals surface area contributed by atoms with E-state index in [-0.39, 0.29) is 12.5 Å². The summed E-state index contributed by atoms with van der Waals surface area (Å²) in [5.74, 6) is 1.00. The first kappa shape index (κ1) is 25.7. The summed E-state index contributed by atoms with van der Waals surface area (Å²) in [7, 11) is 0. The number of carbonyl (C=O) groups is 1. The van der Waals surface area contributed by atoms with Crippen molar-refractivity contribution in [3.05, 3.63) is 88.4 Å². The lowest BCUT2D eigenvalue weighted by molar-refractivity contribution is -0.137. The highest BCUT2D eigenvalue weighted by atomic mass is 35.5. The van der Waals surface area contributed by atoms with Crippen LogP contribution in [-0.4, -0.2) is 43.6 Å². The molecule has 0 aliphatic carbocycles. The number of alkyl halides is 3. The Hall–Kier alpha value is -3.39. The van der Waals surface area contributed by atoms with Crippen molar-refractivity contribution in [1.82, 2.24) is 4.90 Å². The maximum atomic E-state index is 13.2. The molecule has 1 aliphatic rings. The van der Waals surface area contributed by atoms with E-state index in [1.165, 1.54) is 6.07 Å². The maximum absolute atomic E-state index is 13.2. The minimum Gasteiger partial charge on any atom is -0.493 e. The van der Waals surface area contributed by atoms with Gasteiger partial charge in [0.2, 0.25) is 0 Å². The molecule has 0 unspecified atom stereocenters. The van der Waals surface area contributed by atoms with Gasteiger partial charge in [-0.05, 0) is 55.5 Å². The Labute approximate surface area is 213 Å². The average molecular weight is 519 g/mol. The number of benzene rings is 3. The van der Waals surface area contributed by atoms with Gasteiger partial charge in [0.25, 0.3) is 5.91 Å². The lowest BCUT2D eigenvalue weighted by Gasteiger charge is -2.36. The predicted molar refractivity (Wildman–Crippen MR) is 133 cm³/mol. The van der Waals surface area contributed by atoms with Gasteiger partial charge in [0.15, 0.2) is 0 Å². The number of halogens is 4. The third-order valence-electron chi connectivity index (χ3n) is 5.93. The predicted octanol–water partition coefficient (Wildman–Crippen LogP) is 6.30. The van der Waals surface area contributed by atoms with Crippen LogP contribution in [0.3, 0.4) is 0 Å². The van der Waals surface area contributed by atoms with E-state index in [1.54, 1.807) is 41.3 Å². The van der Waals surface area contributed by atoms with Crippen molar-refractivity contribution >= 4 is 23.2 Å². The molecule has 0 N–H and O–H groups in total. The fourth-order valence-corrected chi connectivity index (χ4v) is 4.26. The van der Waals surface area contributed by atoms with E-state index in [0.29, 0.717) is 66.1 Å². The summed E-state index contributed by atoms with van der Waals surface area (Å²) in [6.45, 7) is 4.18. The Kier molecular flexibility index (Phi) is 7.94. The van der Waals surface area contributed by atoms with Crippen LogP contribution in [0.4, 0.5) is 18.9 Å². The SMILES string of the molecule is CCOc1ccc(C(=O)N2CCN(c3cccc(C(F)(F)F)c3)CC2)cc1COc1ccccc1Cl. The number of hydrogen-bond acceptors (Lipinski definition) is 4. The highest BCUT2D eigenvalue weighted by molar-refractivity contribution is 6.32. The Morgan fingerprint density at radius 3 is 2.36 bits per heavy atom. The molecule has 1 aliphatic heterocycles. The van der Waals surface area contributed by atoms with Crippen molar-refractivity contribution in [2.24, 2.45) is 0 Å². The standard InChI is InChI=1S/C27H26ClF3N2O3/c1-2-35-24-11-10-19(16-20(24)18-36-25-9-4-3-8-23(25)28)26(34)33-14-12-32(13-15-33)22-7-5-6-21(17-22)27(29,30)31/h3-11,16-17H,2,12-15,18H2,1H3. The number of anilines is 1. The van der Waals surface area contributed by atoms with Crippen molar-refractivity contribution in [3.63, 3.8) is 0 Å². The number of amides is 1. The van der Waals surface area contributed by atoms with E-state index >= 15 is 0 Å². The van der Waals surface area contributed by atoms with Gasteiger partial charge in [0, 0.05) is 43.0 Å². The summed E-state index contributed by atoms with van der Waals surface area (Å²) in [5.41, 5.74) is 1.02. The van der Waals surface area contributed by atoms with Gasteiger partial charge in [-0.15, -0.1) is 0 Å². The summed E-state index contributed by atoms with van der Waals surface area (Å²) in [6.07, 6.45) is -4.39. The van der Waals surface area contributed by atoms with Crippen LogP contribution in [0.1, 0.15) is 28.4 Å². The molecule has 5 nitrogen and oxygen atoms in total. The lowest BCUT2D eigenvalue weighted by Crippen LogP contribution is -2.48. The van der Waals surface area contributed by atoms with Crippen LogP contribution in [-0.2, 0) is 12.8 Å². The quantitative estimate of drug-likeness (QED) is 0.368. The fourth-order valence-electron chi connectivity index (χ4n) is 4.07. The maximum Gasteiger partial charge on any atom is 0.416 e. The van der Waals surface area contributed by atoms with Gasteiger partial charge in [-0.3, -0.25) is 4.79 Å². The van der Waals surface area contributed by atoms with Gasteiger partial charge in [0.05, 0.1) is 17.2 Å². The molecule has 9 heteroatoms. The van der Waals surface area contributed by atoms with E-state index in [4.69, 9.17) is 21.1 Å². The molecule has 1 saturated heterocycles. The van der Waals surface area contributed by atoms with Crippen LogP contribution in [0.15, 0.2) is 66.7 Å². The van der Waals surface area contributed by atoms with Crippen LogP contribution in [0, 0.1) is 0 Å². The van der Waals surface area contributed by atoms with E-state index in [0.717, 1.165) is 12.1 Å². The zero-order valence-corrected chi connectivity index (χ0v) is 20.5. The first-order chi connectivity index (χ1) is 17.3. The largest absolute Gasteiger partial charge is 0.493 e. The molecule has 3 aromatic carbocycles. The minimum absolute atomic E-state index is 0.152. The molecule has 4 rings (SSSR count). The molecule has 36 heavy (non-hydrogen) atoms. The molecule has 0 bridgehead atoms. The molecule has 3 aromatic rings. The highest BCUT2D eigenvalue weighted by Crippen LogP contribution is 2.32. The number of piperazine rings is 1. The summed E-state index contributed by atoms with van der Waals surface area (Å²) in [4.78, 5) is 16.8. The second kappa shape index (κ2) is 11.1. The van der Waals surface area contributed by atoms with E-state index < -0.39 is 11.7 Å². The smallest absolute Gasteiger partial charge is 0.416 e. The van der Waals surface area contributed by atoms with Crippen molar-refractivity contribution in [1.29, 1.82) is 0 Å². The average Bonchev–Trinajstić information content (AvgIpc) is 2.88. The molecule has 0 aromatic heterocycles. The Morgan fingerprint density at radius 2 is 1.67 bits per heavy atom. The highest BCUT2D eigenvalue weighted by Gasteiger charge is 2.31. The van der Waals surface area contributed by atoms with Crippen molar-refractivity contribution in [2.75, 3.05) is 37.7 Å². The Bertz CT molecular complexity index is 1210. The van der Waals surface area contributed by atoms with Crippen LogP contribution >= 0.6 is 11.6 Å². The molecular weight excluding hydrogens is 493 g/mol. The molecule has 190 valence electrons. The lowest BCUT2D eigenvalue weighted by atomic mass is 10.1. The van der Waals surface area contributed by atoms with Crippen LogP contribution in [0.5, 0.6) is 11.5 Å². The number of carbonyl (C=O) groups excluding carboxylic acids is 1. The van der Waals surface area contributed by atoms with Crippen molar-refractivity contribution < 1.29 is 27.4 Å². The number of ether oxygens (including phenoxy) is 2.